The minimum Gasteiger partial charge on any atom is -0.451 e. The summed E-state index contributed by atoms with van der Waals surface area (Å²) in [4.78, 5) is 24.7. The van der Waals surface area contributed by atoms with Crippen molar-refractivity contribution in [3.63, 3.8) is 0 Å². The number of ether oxygens (including phenoxy) is 1. The molecule has 3 aromatic rings. The Morgan fingerprint density at radius 3 is 2.50 bits per heavy atom. The van der Waals surface area contributed by atoms with Crippen LogP contribution >= 0.6 is 0 Å². The van der Waals surface area contributed by atoms with Gasteiger partial charge in [-0.25, -0.2) is 4.79 Å². The number of benzene rings is 2. The van der Waals surface area contributed by atoms with Crippen LogP contribution in [0.4, 0.5) is 0 Å². The number of rotatable bonds is 7. The fourth-order valence-electron chi connectivity index (χ4n) is 3.13. The fourth-order valence-corrected chi connectivity index (χ4v) is 3.13. The summed E-state index contributed by atoms with van der Waals surface area (Å²) in [7, 11) is 0. The fraction of sp³-hybridized carbons (Fsp3) is 0.318. The maximum absolute atomic E-state index is 12.4. The lowest BCUT2D eigenvalue weighted by Gasteiger charge is -2.23. The zero-order valence-electron chi connectivity index (χ0n) is 16.4. The molecular weight excluding hydrogens is 354 g/mol. The van der Waals surface area contributed by atoms with Crippen molar-refractivity contribution < 1.29 is 14.3 Å². The number of fused-ring (bicyclic) bond motifs is 1. The van der Waals surface area contributed by atoms with E-state index in [1.165, 1.54) is 5.56 Å². The normalized spacial score (nSPS) is 12.1. The van der Waals surface area contributed by atoms with Gasteiger partial charge in [0.25, 0.3) is 5.91 Å². The largest absolute Gasteiger partial charge is 0.451 e. The van der Waals surface area contributed by atoms with E-state index >= 15 is 0 Å². The third kappa shape index (κ3) is 4.39. The Morgan fingerprint density at radius 1 is 1.11 bits per heavy atom. The first-order valence-electron chi connectivity index (χ1n) is 9.48. The molecule has 1 aromatic heterocycles. The highest BCUT2D eigenvalue weighted by Gasteiger charge is 2.21. The van der Waals surface area contributed by atoms with Gasteiger partial charge in [-0.15, -0.1) is 0 Å². The standard InChI is InChI=1S/C22H25N3O3/c1-4-15-9-11-16(12-10-15)20(14(2)3)23-19(26)13-28-22(27)21-17-7-5-6-8-18(17)24-25-21/h5-12,14,20H,4,13H2,1-3H3,(H,23,26)(H,24,25)/t20-/m0/s1. The van der Waals surface area contributed by atoms with Gasteiger partial charge in [0.1, 0.15) is 0 Å². The quantitative estimate of drug-likeness (QED) is 0.612. The minimum atomic E-state index is -0.624. The molecule has 6 heteroatoms. The van der Waals surface area contributed by atoms with Crippen LogP contribution in [0.15, 0.2) is 48.5 Å². The topological polar surface area (TPSA) is 84.1 Å². The lowest BCUT2D eigenvalue weighted by Crippen LogP contribution is -2.35. The van der Waals surface area contributed by atoms with Crippen molar-refractivity contribution >= 4 is 22.8 Å². The van der Waals surface area contributed by atoms with Crippen LogP contribution < -0.4 is 5.32 Å². The summed E-state index contributed by atoms with van der Waals surface area (Å²) in [6.07, 6.45) is 0.969. The van der Waals surface area contributed by atoms with Gasteiger partial charge in [-0.1, -0.05) is 63.2 Å². The Balaban J connectivity index is 1.62. The highest BCUT2D eigenvalue weighted by atomic mass is 16.5. The van der Waals surface area contributed by atoms with Gasteiger partial charge in [0.15, 0.2) is 12.3 Å². The van der Waals surface area contributed by atoms with Crippen LogP contribution in [0.3, 0.4) is 0 Å². The van der Waals surface area contributed by atoms with Gasteiger partial charge >= 0.3 is 5.97 Å². The van der Waals surface area contributed by atoms with Crippen LogP contribution in [0.1, 0.15) is 48.4 Å². The number of hydrogen-bond acceptors (Lipinski definition) is 4. The minimum absolute atomic E-state index is 0.150. The summed E-state index contributed by atoms with van der Waals surface area (Å²) < 4.78 is 5.18. The SMILES string of the molecule is CCc1ccc([C@@H](NC(=O)COC(=O)c2n[nH]c3ccccc23)C(C)C)cc1. The van der Waals surface area contributed by atoms with E-state index in [2.05, 4.69) is 34.6 Å². The van der Waals surface area contributed by atoms with Gasteiger partial charge in [-0.2, -0.15) is 5.10 Å². The van der Waals surface area contributed by atoms with E-state index in [0.717, 1.165) is 17.5 Å². The predicted molar refractivity (Wildman–Crippen MR) is 108 cm³/mol. The van der Waals surface area contributed by atoms with Crippen molar-refractivity contribution in [3.8, 4) is 0 Å². The number of esters is 1. The number of nitrogens with zero attached hydrogens (tertiary/aromatic N) is 1. The molecule has 0 spiro atoms. The zero-order valence-corrected chi connectivity index (χ0v) is 16.4. The van der Waals surface area contributed by atoms with E-state index < -0.39 is 5.97 Å². The van der Waals surface area contributed by atoms with Crippen molar-refractivity contribution in [2.45, 2.75) is 33.2 Å². The number of aromatic nitrogens is 2. The van der Waals surface area contributed by atoms with Crippen LogP contribution in [-0.4, -0.2) is 28.7 Å². The summed E-state index contributed by atoms with van der Waals surface area (Å²) in [5.74, 6) is -0.769. The van der Waals surface area contributed by atoms with Crippen molar-refractivity contribution in [1.29, 1.82) is 0 Å². The first kappa shape index (κ1) is 19.6. The second-order valence-electron chi connectivity index (χ2n) is 7.08. The van der Waals surface area contributed by atoms with Gasteiger partial charge in [-0.05, 0) is 29.5 Å². The molecule has 0 saturated heterocycles. The van der Waals surface area contributed by atoms with Crippen LogP contribution in [0.25, 0.3) is 10.9 Å². The molecule has 0 saturated carbocycles. The number of nitrogens with one attached hydrogen (secondary N) is 2. The monoisotopic (exact) mass is 379 g/mol. The van der Waals surface area contributed by atoms with Gasteiger partial charge in [0, 0.05) is 5.39 Å². The second-order valence-corrected chi connectivity index (χ2v) is 7.08. The molecule has 3 rings (SSSR count). The molecule has 0 aliphatic carbocycles. The molecule has 2 N–H and O–H groups in total. The Labute approximate surface area is 164 Å². The molecular formula is C22H25N3O3. The number of amides is 1. The molecule has 6 nitrogen and oxygen atoms in total. The predicted octanol–water partition coefficient (Wildman–Crippen LogP) is 3.80. The van der Waals surface area contributed by atoms with Crippen LogP contribution in [0.5, 0.6) is 0 Å². The molecule has 0 aliphatic rings. The molecule has 0 unspecified atom stereocenters. The van der Waals surface area contributed by atoms with Gasteiger partial charge in [0.05, 0.1) is 11.6 Å². The highest BCUT2D eigenvalue weighted by Crippen LogP contribution is 2.22. The van der Waals surface area contributed by atoms with Crippen molar-refractivity contribution in [1.82, 2.24) is 15.5 Å². The van der Waals surface area contributed by atoms with Crippen molar-refractivity contribution in [2.24, 2.45) is 5.92 Å². The Morgan fingerprint density at radius 2 is 1.82 bits per heavy atom. The van der Waals surface area contributed by atoms with Crippen LogP contribution in [-0.2, 0) is 16.0 Å². The van der Waals surface area contributed by atoms with Gasteiger partial charge < -0.3 is 10.1 Å². The van der Waals surface area contributed by atoms with Crippen LogP contribution in [0.2, 0.25) is 0 Å². The molecule has 2 aromatic carbocycles. The molecule has 146 valence electrons. The molecule has 1 heterocycles. The van der Waals surface area contributed by atoms with E-state index in [-0.39, 0.29) is 30.2 Å². The van der Waals surface area contributed by atoms with Gasteiger partial charge in [0.2, 0.25) is 0 Å². The zero-order chi connectivity index (χ0) is 20.1. The maximum atomic E-state index is 12.4. The molecule has 0 aliphatic heterocycles. The van der Waals surface area contributed by atoms with E-state index in [4.69, 9.17) is 4.74 Å². The van der Waals surface area contributed by atoms with Crippen molar-refractivity contribution in [3.05, 3.63) is 65.4 Å². The number of hydrogen-bond donors (Lipinski definition) is 2. The Hall–Kier alpha value is -3.15. The smallest absolute Gasteiger partial charge is 0.359 e. The van der Waals surface area contributed by atoms with E-state index in [1.54, 1.807) is 6.07 Å². The molecule has 0 bridgehead atoms. The number of carbonyl (C=O) groups is 2. The second kappa shape index (κ2) is 8.69. The first-order chi connectivity index (χ1) is 13.5. The van der Waals surface area contributed by atoms with Crippen LogP contribution in [0, 0.1) is 5.92 Å². The summed E-state index contributed by atoms with van der Waals surface area (Å²) in [6.45, 7) is 5.84. The number of aryl methyl sites for hydroxylation is 1. The number of carbonyl (C=O) groups excluding carboxylic acids is 2. The summed E-state index contributed by atoms with van der Waals surface area (Å²) in [5, 5.41) is 10.4. The average Bonchev–Trinajstić information content (AvgIpc) is 3.14. The molecule has 1 amide bonds. The Bertz CT molecular complexity index is 961. The summed E-state index contributed by atoms with van der Waals surface area (Å²) >= 11 is 0. The average molecular weight is 379 g/mol. The Kier molecular flexibility index (Phi) is 6.09. The third-order valence-corrected chi connectivity index (χ3v) is 4.73. The highest BCUT2D eigenvalue weighted by molar-refractivity contribution is 6.02. The van der Waals surface area contributed by atoms with E-state index in [9.17, 15) is 9.59 Å². The molecule has 0 fully saturated rings. The first-order valence-corrected chi connectivity index (χ1v) is 9.48. The number of H-pyrrole nitrogens is 1. The summed E-state index contributed by atoms with van der Waals surface area (Å²) in [6, 6.07) is 15.3. The molecule has 28 heavy (non-hydrogen) atoms. The van der Waals surface area contributed by atoms with E-state index in [1.807, 2.05) is 44.2 Å². The van der Waals surface area contributed by atoms with Crippen molar-refractivity contribution in [2.75, 3.05) is 6.61 Å². The number of para-hydroxylation sites is 1. The third-order valence-electron chi connectivity index (χ3n) is 4.73. The summed E-state index contributed by atoms with van der Waals surface area (Å²) in [5.41, 5.74) is 3.20. The lowest BCUT2D eigenvalue weighted by atomic mass is 9.95. The maximum Gasteiger partial charge on any atom is 0.359 e. The van der Waals surface area contributed by atoms with E-state index in [0.29, 0.717) is 5.39 Å². The number of aromatic amines is 1. The molecule has 1 atom stereocenters. The molecule has 0 radical (unpaired) electrons. The lowest BCUT2D eigenvalue weighted by molar-refractivity contribution is -0.125. The van der Waals surface area contributed by atoms with Gasteiger partial charge in [-0.3, -0.25) is 9.89 Å².